The van der Waals surface area contributed by atoms with Crippen LogP contribution in [0.5, 0.6) is 0 Å². The summed E-state index contributed by atoms with van der Waals surface area (Å²) in [6.45, 7) is 2.70. The van der Waals surface area contributed by atoms with Gasteiger partial charge in [0.05, 0.1) is 6.54 Å². The largest absolute Gasteiger partial charge is 0.291 e. The zero-order valence-corrected chi connectivity index (χ0v) is 9.16. The van der Waals surface area contributed by atoms with Gasteiger partial charge >= 0.3 is 0 Å². The second kappa shape index (κ2) is 5.19. The average molecular weight is 244 g/mol. The molecule has 0 aromatic heterocycles. The van der Waals surface area contributed by atoms with Gasteiger partial charge in [0.25, 0.3) is 0 Å². The molecule has 5 heteroatoms. The number of halogens is 4. The van der Waals surface area contributed by atoms with Crippen LogP contribution in [0.4, 0.5) is 17.6 Å². The second-order valence-electron chi connectivity index (χ2n) is 3.59. The van der Waals surface area contributed by atoms with E-state index in [9.17, 15) is 17.6 Å². The molecule has 1 aromatic rings. The molecule has 0 unspecified atom stereocenters. The number of terminal acetylenes is 1. The third-order valence-electron chi connectivity index (χ3n) is 2.23. The van der Waals surface area contributed by atoms with E-state index in [1.807, 2.05) is 0 Å². The predicted octanol–water partition coefficient (Wildman–Crippen LogP) is 2.49. The summed E-state index contributed by atoms with van der Waals surface area (Å²) in [7, 11) is 1.48. The highest BCUT2D eigenvalue weighted by molar-refractivity contribution is 5.31. The predicted molar refractivity (Wildman–Crippen MR) is 55.9 cm³/mol. The van der Waals surface area contributed by atoms with Crippen LogP contribution in [0.25, 0.3) is 0 Å². The van der Waals surface area contributed by atoms with Crippen LogP contribution in [0.3, 0.4) is 0 Å². The van der Waals surface area contributed by atoms with E-state index < -0.39 is 34.4 Å². The number of hydrogen-bond acceptors (Lipinski definition) is 1. The molecule has 17 heavy (non-hydrogen) atoms. The zero-order valence-electron chi connectivity index (χ0n) is 9.16. The highest BCUT2D eigenvalue weighted by Crippen LogP contribution is 2.24. The number of nitrogens with zero attached hydrogens (tertiary/aromatic N) is 1. The van der Waals surface area contributed by atoms with E-state index in [4.69, 9.17) is 6.42 Å². The van der Waals surface area contributed by atoms with Crippen molar-refractivity contribution in [2.75, 3.05) is 13.6 Å². The lowest BCUT2D eigenvalue weighted by atomic mass is 10.1. The van der Waals surface area contributed by atoms with E-state index in [2.05, 4.69) is 12.8 Å². The smallest absolute Gasteiger partial charge is 0.166 e. The van der Waals surface area contributed by atoms with Crippen molar-refractivity contribution in [1.82, 2.24) is 4.90 Å². The Morgan fingerprint density at radius 3 is 2.00 bits per heavy atom. The minimum atomic E-state index is -1.48. The van der Waals surface area contributed by atoms with Crippen molar-refractivity contribution in [3.05, 3.63) is 41.3 Å². The topological polar surface area (TPSA) is 3.24 Å². The van der Waals surface area contributed by atoms with Gasteiger partial charge in [0.2, 0.25) is 0 Å². The molecule has 0 aliphatic rings. The van der Waals surface area contributed by atoms with Crippen LogP contribution in [-0.4, -0.2) is 18.5 Å². The van der Waals surface area contributed by atoms with Crippen LogP contribution in [0.2, 0.25) is 0 Å². The van der Waals surface area contributed by atoms with Crippen molar-refractivity contribution in [2.24, 2.45) is 0 Å². The van der Waals surface area contributed by atoms with Crippen LogP contribution >= 0.6 is 0 Å². The molecule has 0 aliphatic carbocycles. The average Bonchev–Trinajstić information content (AvgIpc) is 2.30. The van der Waals surface area contributed by atoms with E-state index >= 15 is 0 Å². The Bertz CT molecular complexity index is 447. The Labute approximate surface area is 97.0 Å². The molecular weight excluding hydrogens is 234 g/mol. The number of hydrogen-bond donors (Lipinski definition) is 0. The highest BCUT2D eigenvalue weighted by atomic mass is 19.2. The van der Waals surface area contributed by atoms with Crippen molar-refractivity contribution < 1.29 is 17.6 Å². The standard InChI is InChI=1S/C12H10F4N/c1-4-5-17(3)6-8-11(15)9(13)7(2)10(14)12(8)16/h1H,2,5-6H2,3H3. The second-order valence-corrected chi connectivity index (χ2v) is 3.59. The summed E-state index contributed by atoms with van der Waals surface area (Å²) in [6, 6.07) is 0. The molecule has 0 bridgehead atoms. The van der Waals surface area contributed by atoms with Gasteiger partial charge in [-0.05, 0) is 14.0 Å². The van der Waals surface area contributed by atoms with Gasteiger partial charge in [-0.25, -0.2) is 17.6 Å². The summed E-state index contributed by atoms with van der Waals surface area (Å²) in [5.74, 6) is -3.57. The van der Waals surface area contributed by atoms with Gasteiger partial charge in [-0.2, -0.15) is 0 Å². The normalized spacial score (nSPS) is 10.7. The summed E-state index contributed by atoms with van der Waals surface area (Å²) >= 11 is 0. The van der Waals surface area contributed by atoms with Gasteiger partial charge in [0, 0.05) is 17.7 Å². The van der Waals surface area contributed by atoms with E-state index in [1.54, 1.807) is 0 Å². The van der Waals surface area contributed by atoms with Crippen LogP contribution in [-0.2, 0) is 6.54 Å². The van der Waals surface area contributed by atoms with Gasteiger partial charge in [0.1, 0.15) is 0 Å². The molecule has 1 radical (unpaired) electrons. The van der Waals surface area contributed by atoms with E-state index in [0.29, 0.717) is 0 Å². The summed E-state index contributed by atoms with van der Waals surface area (Å²) in [4.78, 5) is 1.35. The van der Waals surface area contributed by atoms with Crippen molar-refractivity contribution in [3.8, 4) is 12.3 Å². The third kappa shape index (κ3) is 2.59. The Hall–Kier alpha value is -1.54. The first kappa shape index (κ1) is 13.5. The molecule has 0 N–H and O–H groups in total. The monoisotopic (exact) mass is 244 g/mol. The quantitative estimate of drug-likeness (QED) is 0.448. The van der Waals surface area contributed by atoms with Crippen LogP contribution in [0.1, 0.15) is 11.1 Å². The van der Waals surface area contributed by atoms with Crippen molar-refractivity contribution >= 4 is 0 Å². The van der Waals surface area contributed by atoms with Crippen LogP contribution in [0.15, 0.2) is 0 Å². The molecule has 0 atom stereocenters. The minimum Gasteiger partial charge on any atom is -0.291 e. The van der Waals surface area contributed by atoms with Gasteiger partial charge in [-0.3, -0.25) is 4.90 Å². The van der Waals surface area contributed by atoms with Gasteiger partial charge in [-0.15, -0.1) is 6.42 Å². The maximum Gasteiger partial charge on any atom is 0.166 e. The molecule has 0 spiro atoms. The lowest BCUT2D eigenvalue weighted by Crippen LogP contribution is -2.21. The molecule has 0 heterocycles. The summed E-state index contributed by atoms with van der Waals surface area (Å²) in [5.41, 5.74) is -1.60. The maximum absolute atomic E-state index is 13.4. The molecule has 1 nitrogen and oxygen atoms in total. The van der Waals surface area contributed by atoms with Crippen LogP contribution < -0.4 is 0 Å². The number of benzene rings is 1. The van der Waals surface area contributed by atoms with Crippen LogP contribution in [0, 0.1) is 42.5 Å². The molecule has 0 amide bonds. The fraction of sp³-hybridized carbons (Fsp3) is 0.250. The minimum absolute atomic E-state index is 0.105. The van der Waals surface area contributed by atoms with E-state index in [-0.39, 0.29) is 13.1 Å². The summed E-state index contributed by atoms with van der Waals surface area (Å²) < 4.78 is 53.1. The van der Waals surface area contributed by atoms with Crippen molar-refractivity contribution in [3.63, 3.8) is 0 Å². The fourth-order valence-corrected chi connectivity index (χ4v) is 1.34. The van der Waals surface area contributed by atoms with Gasteiger partial charge in [0.15, 0.2) is 23.3 Å². The lowest BCUT2D eigenvalue weighted by Gasteiger charge is -2.15. The maximum atomic E-state index is 13.4. The Balaban J connectivity index is 3.21. The summed E-state index contributed by atoms with van der Waals surface area (Å²) in [6.07, 6.45) is 5.01. The van der Waals surface area contributed by atoms with Gasteiger partial charge in [-0.1, -0.05) is 5.92 Å². The van der Waals surface area contributed by atoms with Crippen molar-refractivity contribution in [1.29, 1.82) is 0 Å². The molecule has 0 saturated heterocycles. The molecular formula is C12H10F4N. The first-order valence-electron chi connectivity index (χ1n) is 4.68. The SMILES string of the molecule is C#CCN(C)Cc1c(F)c(F)c([CH2])c(F)c1F. The van der Waals surface area contributed by atoms with Gasteiger partial charge < -0.3 is 0 Å². The molecule has 0 saturated carbocycles. The number of rotatable bonds is 3. The lowest BCUT2D eigenvalue weighted by molar-refractivity contribution is 0.339. The Morgan fingerprint density at radius 1 is 1.12 bits per heavy atom. The van der Waals surface area contributed by atoms with E-state index in [1.165, 1.54) is 11.9 Å². The molecule has 1 aromatic carbocycles. The van der Waals surface area contributed by atoms with E-state index in [0.717, 1.165) is 0 Å². The first-order valence-corrected chi connectivity index (χ1v) is 4.68. The third-order valence-corrected chi connectivity index (χ3v) is 2.23. The molecule has 91 valence electrons. The first-order chi connectivity index (χ1) is 7.90. The molecule has 1 rings (SSSR count). The Morgan fingerprint density at radius 2 is 1.59 bits per heavy atom. The highest BCUT2D eigenvalue weighted by Gasteiger charge is 2.23. The molecule has 0 aliphatic heterocycles. The van der Waals surface area contributed by atoms with Crippen molar-refractivity contribution in [2.45, 2.75) is 6.54 Å². The fourth-order valence-electron chi connectivity index (χ4n) is 1.34. The zero-order chi connectivity index (χ0) is 13.2. The Kier molecular flexibility index (Phi) is 4.13. The summed E-state index contributed by atoms with van der Waals surface area (Å²) in [5, 5.41) is 0. The molecule has 0 fully saturated rings.